The first kappa shape index (κ1) is 13.6. The Labute approximate surface area is 123 Å². The van der Waals surface area contributed by atoms with E-state index in [4.69, 9.17) is 16.2 Å². The molecule has 1 aliphatic rings. The number of anilines is 2. The highest BCUT2D eigenvalue weighted by molar-refractivity contribution is 5.50. The lowest BCUT2D eigenvalue weighted by Crippen LogP contribution is -2.03. The van der Waals surface area contributed by atoms with E-state index in [1.54, 1.807) is 0 Å². The first-order valence-electron chi connectivity index (χ1n) is 7.10. The number of ether oxygens (including phenoxy) is 1. The molecule has 2 aromatic heterocycles. The Morgan fingerprint density at radius 1 is 1.14 bits per heavy atom. The van der Waals surface area contributed by atoms with Gasteiger partial charge in [-0.1, -0.05) is 13.8 Å². The molecule has 1 aliphatic carbocycles. The topological polar surface area (TPSA) is 99.9 Å². The minimum Gasteiger partial charge on any atom is -0.451 e. The summed E-state index contributed by atoms with van der Waals surface area (Å²) in [5.74, 6) is 2.42. The van der Waals surface area contributed by atoms with E-state index in [1.165, 1.54) is 19.0 Å². The van der Waals surface area contributed by atoms with Crippen LogP contribution in [0.25, 0.3) is 0 Å². The van der Waals surface area contributed by atoms with Crippen LogP contribution in [0.2, 0.25) is 0 Å². The number of rotatable bonds is 4. The SMILES string of the molecule is CC(C)c1cnc(C2CC2)cc1Oc1cnc(N)nc1N. The van der Waals surface area contributed by atoms with Gasteiger partial charge in [-0.25, -0.2) is 4.98 Å². The molecule has 2 aromatic rings. The van der Waals surface area contributed by atoms with Gasteiger partial charge in [0.25, 0.3) is 0 Å². The van der Waals surface area contributed by atoms with Crippen LogP contribution in [0.1, 0.15) is 49.8 Å². The lowest BCUT2D eigenvalue weighted by molar-refractivity contribution is 0.469. The molecule has 1 fully saturated rings. The number of nitrogens with zero attached hydrogens (tertiary/aromatic N) is 3. The zero-order valence-corrected chi connectivity index (χ0v) is 12.2. The smallest absolute Gasteiger partial charge is 0.222 e. The van der Waals surface area contributed by atoms with Crippen LogP contribution in [0.15, 0.2) is 18.5 Å². The number of aromatic nitrogens is 3. The van der Waals surface area contributed by atoms with Gasteiger partial charge in [-0.3, -0.25) is 4.98 Å². The fraction of sp³-hybridized carbons (Fsp3) is 0.400. The largest absolute Gasteiger partial charge is 0.451 e. The zero-order valence-electron chi connectivity index (χ0n) is 12.2. The van der Waals surface area contributed by atoms with Crippen molar-refractivity contribution in [2.24, 2.45) is 0 Å². The van der Waals surface area contributed by atoms with Crippen LogP contribution in [0.5, 0.6) is 11.5 Å². The Hall–Kier alpha value is -2.37. The van der Waals surface area contributed by atoms with Gasteiger partial charge >= 0.3 is 0 Å². The Balaban J connectivity index is 1.96. The van der Waals surface area contributed by atoms with E-state index in [-0.39, 0.29) is 11.8 Å². The standard InChI is InChI=1S/C15H19N5O/c1-8(2)10-6-18-11(9-3-4-9)5-12(10)21-13-7-19-15(17)20-14(13)16/h5-9H,3-4H2,1-2H3,(H4,16,17,19,20). The van der Waals surface area contributed by atoms with Gasteiger partial charge in [-0.2, -0.15) is 4.98 Å². The molecule has 4 N–H and O–H groups in total. The van der Waals surface area contributed by atoms with Crippen molar-refractivity contribution in [1.82, 2.24) is 15.0 Å². The quantitative estimate of drug-likeness (QED) is 0.896. The molecule has 110 valence electrons. The van der Waals surface area contributed by atoms with Crippen LogP contribution in [-0.4, -0.2) is 15.0 Å². The maximum Gasteiger partial charge on any atom is 0.222 e. The molecular weight excluding hydrogens is 266 g/mol. The molecule has 0 saturated heterocycles. The lowest BCUT2D eigenvalue weighted by atomic mass is 10.0. The van der Waals surface area contributed by atoms with Crippen molar-refractivity contribution in [2.75, 3.05) is 11.5 Å². The van der Waals surface area contributed by atoms with Crippen molar-refractivity contribution in [3.63, 3.8) is 0 Å². The molecule has 6 heteroatoms. The fourth-order valence-corrected chi connectivity index (χ4v) is 2.18. The van der Waals surface area contributed by atoms with Gasteiger partial charge in [0.05, 0.1) is 6.20 Å². The van der Waals surface area contributed by atoms with Crippen LogP contribution in [-0.2, 0) is 0 Å². The molecule has 0 atom stereocenters. The fourth-order valence-electron chi connectivity index (χ4n) is 2.18. The highest BCUT2D eigenvalue weighted by Gasteiger charge is 2.26. The summed E-state index contributed by atoms with van der Waals surface area (Å²) in [6.45, 7) is 4.20. The van der Waals surface area contributed by atoms with Crippen molar-refractivity contribution in [3.8, 4) is 11.5 Å². The zero-order chi connectivity index (χ0) is 15.0. The Morgan fingerprint density at radius 2 is 1.90 bits per heavy atom. The van der Waals surface area contributed by atoms with E-state index < -0.39 is 0 Å². The number of nitrogen functional groups attached to an aromatic ring is 2. The summed E-state index contributed by atoms with van der Waals surface area (Å²) in [6, 6.07) is 2.00. The van der Waals surface area contributed by atoms with E-state index in [2.05, 4.69) is 28.8 Å². The molecule has 0 bridgehead atoms. The number of nitrogens with two attached hydrogens (primary N) is 2. The second-order valence-electron chi connectivity index (χ2n) is 5.66. The van der Waals surface area contributed by atoms with Gasteiger partial charge in [0.2, 0.25) is 5.95 Å². The minimum absolute atomic E-state index is 0.136. The summed E-state index contributed by atoms with van der Waals surface area (Å²) in [5, 5.41) is 0. The van der Waals surface area contributed by atoms with Crippen LogP contribution in [0.3, 0.4) is 0 Å². The molecule has 6 nitrogen and oxygen atoms in total. The second-order valence-corrected chi connectivity index (χ2v) is 5.66. The molecule has 0 amide bonds. The van der Waals surface area contributed by atoms with Crippen LogP contribution < -0.4 is 16.2 Å². The average Bonchev–Trinajstić information content (AvgIpc) is 3.26. The van der Waals surface area contributed by atoms with Crippen molar-refractivity contribution >= 4 is 11.8 Å². The van der Waals surface area contributed by atoms with Crippen molar-refractivity contribution in [3.05, 3.63) is 29.7 Å². The van der Waals surface area contributed by atoms with E-state index in [1.807, 2.05) is 12.3 Å². The Bertz CT molecular complexity index is 667. The third-order valence-electron chi connectivity index (χ3n) is 3.56. The predicted octanol–water partition coefficient (Wildman–Crippen LogP) is 2.83. The molecule has 0 radical (unpaired) electrons. The molecule has 3 rings (SSSR count). The van der Waals surface area contributed by atoms with Crippen LogP contribution in [0, 0.1) is 0 Å². The molecular formula is C15H19N5O. The summed E-state index contributed by atoms with van der Waals surface area (Å²) in [5.41, 5.74) is 13.4. The van der Waals surface area contributed by atoms with E-state index >= 15 is 0 Å². The summed E-state index contributed by atoms with van der Waals surface area (Å²) < 4.78 is 5.93. The van der Waals surface area contributed by atoms with Gasteiger partial charge in [0.1, 0.15) is 5.75 Å². The molecule has 0 aliphatic heterocycles. The van der Waals surface area contributed by atoms with Crippen molar-refractivity contribution < 1.29 is 4.74 Å². The molecule has 0 aromatic carbocycles. The normalized spacial score (nSPS) is 14.4. The minimum atomic E-state index is 0.136. The summed E-state index contributed by atoms with van der Waals surface area (Å²) in [7, 11) is 0. The Kier molecular flexibility index (Phi) is 3.37. The molecule has 0 spiro atoms. The lowest BCUT2D eigenvalue weighted by Gasteiger charge is -2.15. The van der Waals surface area contributed by atoms with E-state index in [0.29, 0.717) is 17.6 Å². The summed E-state index contributed by atoms with van der Waals surface area (Å²) >= 11 is 0. The predicted molar refractivity (Wildman–Crippen MR) is 81.2 cm³/mol. The van der Waals surface area contributed by atoms with Gasteiger partial charge in [0, 0.05) is 29.4 Å². The van der Waals surface area contributed by atoms with Gasteiger partial charge < -0.3 is 16.2 Å². The highest BCUT2D eigenvalue weighted by atomic mass is 16.5. The first-order chi connectivity index (χ1) is 10.0. The molecule has 1 saturated carbocycles. The number of hydrogen-bond acceptors (Lipinski definition) is 6. The second kappa shape index (κ2) is 5.20. The first-order valence-corrected chi connectivity index (χ1v) is 7.10. The van der Waals surface area contributed by atoms with Crippen molar-refractivity contribution in [2.45, 2.75) is 38.5 Å². The van der Waals surface area contributed by atoms with Gasteiger partial charge in [0.15, 0.2) is 11.6 Å². The maximum atomic E-state index is 5.93. The van der Waals surface area contributed by atoms with Gasteiger partial charge in [-0.05, 0) is 18.8 Å². The Morgan fingerprint density at radius 3 is 2.52 bits per heavy atom. The summed E-state index contributed by atoms with van der Waals surface area (Å²) in [6.07, 6.45) is 5.78. The summed E-state index contributed by atoms with van der Waals surface area (Å²) in [4.78, 5) is 12.4. The highest BCUT2D eigenvalue weighted by Crippen LogP contribution is 2.42. The molecule has 21 heavy (non-hydrogen) atoms. The third-order valence-corrected chi connectivity index (χ3v) is 3.56. The van der Waals surface area contributed by atoms with Crippen LogP contribution in [0.4, 0.5) is 11.8 Å². The van der Waals surface area contributed by atoms with E-state index in [0.717, 1.165) is 17.0 Å². The third kappa shape index (κ3) is 2.89. The monoisotopic (exact) mass is 285 g/mol. The number of hydrogen-bond donors (Lipinski definition) is 2. The van der Waals surface area contributed by atoms with Gasteiger partial charge in [-0.15, -0.1) is 0 Å². The maximum absolute atomic E-state index is 5.93. The van der Waals surface area contributed by atoms with Crippen LogP contribution >= 0.6 is 0 Å². The number of pyridine rings is 1. The van der Waals surface area contributed by atoms with E-state index in [9.17, 15) is 0 Å². The molecule has 2 heterocycles. The molecule has 0 unspecified atom stereocenters. The average molecular weight is 285 g/mol. The van der Waals surface area contributed by atoms with Crippen molar-refractivity contribution in [1.29, 1.82) is 0 Å².